The molecule has 0 aliphatic carbocycles. The third-order valence-electron chi connectivity index (χ3n) is 4.34. The minimum atomic E-state index is 0.622. The van der Waals surface area contributed by atoms with Gasteiger partial charge in [0.25, 0.3) is 0 Å². The van der Waals surface area contributed by atoms with Crippen molar-refractivity contribution in [2.45, 2.75) is 19.1 Å². The zero-order chi connectivity index (χ0) is 14.8. The number of hydrogen-bond donors (Lipinski definition) is 0. The van der Waals surface area contributed by atoms with E-state index in [1.807, 2.05) is 11.8 Å². The van der Waals surface area contributed by atoms with Gasteiger partial charge in [-0.05, 0) is 31.0 Å². The molecule has 1 fully saturated rings. The standard InChI is InChI=1S/C16H22BrN3S/c1-12-4-3-5-15(13(12)2)19-6-8-20(9-7-19)16-18-11-14(10-17)21-16/h3-5,14H,6-11H2,1-2H3. The molecule has 3 rings (SSSR count). The first-order chi connectivity index (χ1) is 10.2. The molecule has 0 N–H and O–H groups in total. The van der Waals surface area contributed by atoms with Gasteiger partial charge in [0.1, 0.15) is 0 Å². The van der Waals surface area contributed by atoms with Gasteiger partial charge in [0, 0.05) is 42.4 Å². The van der Waals surface area contributed by atoms with Crippen LogP contribution in [0.15, 0.2) is 23.2 Å². The molecule has 0 saturated carbocycles. The molecule has 114 valence electrons. The number of anilines is 1. The lowest BCUT2D eigenvalue weighted by Gasteiger charge is -2.37. The average molecular weight is 368 g/mol. The van der Waals surface area contributed by atoms with Gasteiger partial charge < -0.3 is 9.80 Å². The number of hydrogen-bond acceptors (Lipinski definition) is 4. The van der Waals surface area contributed by atoms with Crippen LogP contribution >= 0.6 is 27.7 Å². The number of nitrogens with zero attached hydrogens (tertiary/aromatic N) is 3. The van der Waals surface area contributed by atoms with E-state index in [0.717, 1.165) is 38.1 Å². The maximum Gasteiger partial charge on any atom is 0.159 e. The lowest BCUT2D eigenvalue weighted by Crippen LogP contribution is -2.48. The van der Waals surface area contributed by atoms with Crippen LogP contribution in [-0.2, 0) is 0 Å². The van der Waals surface area contributed by atoms with Crippen LogP contribution in [0.2, 0.25) is 0 Å². The smallest absolute Gasteiger partial charge is 0.159 e. The molecule has 2 aliphatic rings. The fraction of sp³-hybridized carbons (Fsp3) is 0.562. The Morgan fingerprint density at radius 1 is 1.19 bits per heavy atom. The lowest BCUT2D eigenvalue weighted by atomic mass is 10.1. The summed E-state index contributed by atoms with van der Waals surface area (Å²) in [6.45, 7) is 9.71. The predicted molar refractivity (Wildman–Crippen MR) is 97.2 cm³/mol. The summed E-state index contributed by atoms with van der Waals surface area (Å²) in [6, 6.07) is 6.61. The van der Waals surface area contributed by atoms with Gasteiger partial charge in [-0.25, -0.2) is 0 Å². The van der Waals surface area contributed by atoms with Crippen molar-refractivity contribution in [1.82, 2.24) is 4.90 Å². The number of aliphatic imine (C=N–C) groups is 1. The van der Waals surface area contributed by atoms with E-state index < -0.39 is 0 Å². The normalized spacial score (nSPS) is 22.6. The van der Waals surface area contributed by atoms with E-state index in [1.165, 1.54) is 22.0 Å². The Hall–Kier alpha value is -0.680. The van der Waals surface area contributed by atoms with Gasteiger partial charge in [-0.15, -0.1) is 0 Å². The van der Waals surface area contributed by atoms with Crippen molar-refractivity contribution >= 4 is 38.5 Å². The molecule has 0 amide bonds. The quantitative estimate of drug-likeness (QED) is 0.747. The summed E-state index contributed by atoms with van der Waals surface area (Å²) in [6.07, 6.45) is 0. The van der Waals surface area contributed by atoms with Gasteiger partial charge in [0.2, 0.25) is 0 Å². The van der Waals surface area contributed by atoms with Crippen LogP contribution in [0.5, 0.6) is 0 Å². The van der Waals surface area contributed by atoms with Crippen molar-refractivity contribution in [3.63, 3.8) is 0 Å². The van der Waals surface area contributed by atoms with Crippen LogP contribution in [0.4, 0.5) is 5.69 Å². The molecule has 3 nitrogen and oxygen atoms in total. The monoisotopic (exact) mass is 367 g/mol. The van der Waals surface area contributed by atoms with Gasteiger partial charge in [0.05, 0.1) is 6.54 Å². The molecule has 1 unspecified atom stereocenters. The van der Waals surface area contributed by atoms with Crippen LogP contribution in [0.25, 0.3) is 0 Å². The van der Waals surface area contributed by atoms with E-state index in [-0.39, 0.29) is 0 Å². The summed E-state index contributed by atoms with van der Waals surface area (Å²) in [5.74, 6) is 0. The number of piperazine rings is 1. The molecule has 2 heterocycles. The van der Waals surface area contributed by atoms with E-state index >= 15 is 0 Å². The predicted octanol–water partition coefficient (Wildman–Crippen LogP) is 3.29. The van der Waals surface area contributed by atoms with Gasteiger partial charge in [-0.3, -0.25) is 4.99 Å². The lowest BCUT2D eigenvalue weighted by molar-refractivity contribution is 0.392. The Labute approximate surface area is 139 Å². The fourth-order valence-electron chi connectivity index (χ4n) is 2.88. The Balaban J connectivity index is 1.62. The first-order valence-corrected chi connectivity index (χ1v) is 9.52. The van der Waals surface area contributed by atoms with E-state index in [9.17, 15) is 0 Å². The first kappa shape index (κ1) is 15.2. The molecular weight excluding hydrogens is 346 g/mol. The number of thioether (sulfide) groups is 1. The number of halogens is 1. The maximum atomic E-state index is 4.70. The maximum absolute atomic E-state index is 4.70. The van der Waals surface area contributed by atoms with E-state index in [2.05, 4.69) is 57.8 Å². The Bertz CT molecular complexity index is 538. The molecule has 0 spiro atoms. The van der Waals surface area contributed by atoms with Crippen molar-refractivity contribution in [2.24, 2.45) is 4.99 Å². The Morgan fingerprint density at radius 3 is 2.57 bits per heavy atom. The molecule has 0 bridgehead atoms. The van der Waals surface area contributed by atoms with Gasteiger partial charge >= 0.3 is 0 Å². The van der Waals surface area contributed by atoms with E-state index in [1.54, 1.807) is 0 Å². The summed E-state index contributed by atoms with van der Waals surface area (Å²) in [4.78, 5) is 9.67. The van der Waals surface area contributed by atoms with Crippen LogP contribution in [-0.4, -0.2) is 53.4 Å². The highest BCUT2D eigenvalue weighted by Gasteiger charge is 2.26. The molecule has 1 atom stereocenters. The summed E-state index contributed by atoms with van der Waals surface area (Å²) in [5.41, 5.74) is 4.19. The molecule has 21 heavy (non-hydrogen) atoms. The second-order valence-electron chi connectivity index (χ2n) is 5.71. The summed E-state index contributed by atoms with van der Waals surface area (Å²) in [5, 5.41) is 2.91. The van der Waals surface area contributed by atoms with Gasteiger partial charge in [-0.2, -0.15) is 0 Å². The molecular formula is C16H22BrN3S. The average Bonchev–Trinajstić information content (AvgIpc) is 2.99. The van der Waals surface area contributed by atoms with Crippen LogP contribution in [0.1, 0.15) is 11.1 Å². The van der Waals surface area contributed by atoms with Crippen molar-refractivity contribution in [2.75, 3.05) is 43.0 Å². The molecule has 2 aliphatic heterocycles. The van der Waals surface area contributed by atoms with Crippen molar-refractivity contribution in [3.05, 3.63) is 29.3 Å². The minimum absolute atomic E-state index is 0.622. The largest absolute Gasteiger partial charge is 0.368 e. The Kier molecular flexibility index (Phi) is 4.79. The zero-order valence-electron chi connectivity index (χ0n) is 12.7. The number of alkyl halides is 1. The molecule has 0 aromatic heterocycles. The minimum Gasteiger partial charge on any atom is -0.368 e. The second-order valence-corrected chi connectivity index (χ2v) is 7.63. The third kappa shape index (κ3) is 3.24. The highest BCUT2D eigenvalue weighted by molar-refractivity contribution is 9.09. The molecule has 5 heteroatoms. The van der Waals surface area contributed by atoms with Crippen molar-refractivity contribution in [3.8, 4) is 0 Å². The SMILES string of the molecule is Cc1cccc(N2CCN(C3=NCC(CBr)S3)CC2)c1C. The van der Waals surface area contributed by atoms with Crippen molar-refractivity contribution < 1.29 is 0 Å². The first-order valence-electron chi connectivity index (χ1n) is 7.52. The van der Waals surface area contributed by atoms with Gasteiger partial charge in [-0.1, -0.05) is 39.8 Å². The number of aryl methyl sites for hydroxylation is 1. The zero-order valence-corrected chi connectivity index (χ0v) is 15.1. The van der Waals surface area contributed by atoms with Crippen LogP contribution in [0.3, 0.4) is 0 Å². The summed E-state index contributed by atoms with van der Waals surface area (Å²) < 4.78 is 0. The highest BCUT2D eigenvalue weighted by atomic mass is 79.9. The number of amidine groups is 1. The third-order valence-corrected chi connectivity index (χ3v) is 6.80. The number of rotatable bonds is 2. The Morgan fingerprint density at radius 2 is 1.90 bits per heavy atom. The summed E-state index contributed by atoms with van der Waals surface area (Å²) in [7, 11) is 0. The number of benzene rings is 1. The summed E-state index contributed by atoms with van der Waals surface area (Å²) >= 11 is 5.49. The topological polar surface area (TPSA) is 18.8 Å². The van der Waals surface area contributed by atoms with Crippen LogP contribution in [0, 0.1) is 13.8 Å². The van der Waals surface area contributed by atoms with Crippen LogP contribution < -0.4 is 4.90 Å². The highest BCUT2D eigenvalue weighted by Crippen LogP contribution is 2.28. The fourth-order valence-corrected chi connectivity index (χ4v) is 4.47. The molecule has 1 aromatic carbocycles. The second kappa shape index (κ2) is 6.61. The van der Waals surface area contributed by atoms with Crippen molar-refractivity contribution in [1.29, 1.82) is 0 Å². The molecule has 0 radical (unpaired) electrons. The van der Waals surface area contributed by atoms with Gasteiger partial charge in [0.15, 0.2) is 5.17 Å². The van der Waals surface area contributed by atoms with E-state index in [0.29, 0.717) is 5.25 Å². The van der Waals surface area contributed by atoms with E-state index in [4.69, 9.17) is 4.99 Å². The molecule has 1 saturated heterocycles. The molecule has 1 aromatic rings.